The minimum Gasteiger partial charge on any atom is -0.207 e. The smallest absolute Gasteiger partial charge is 0.207 e. The molecule has 100 valence electrons. The molecule has 0 saturated carbocycles. The summed E-state index contributed by atoms with van der Waals surface area (Å²) in [5.41, 5.74) is 0. The molecule has 1 unspecified atom stereocenters. The lowest BCUT2D eigenvalue weighted by Crippen LogP contribution is -2.42. The monoisotopic (exact) mass is 275 g/mol. The Morgan fingerprint density at radius 2 is 2.00 bits per heavy atom. The lowest BCUT2D eigenvalue weighted by Gasteiger charge is -2.32. The highest BCUT2D eigenvalue weighted by atomic mass is 32.2. The first kappa shape index (κ1) is 13.4. The standard InChI is InChI=1S/C12H15F2NO2S/c1-9-4-2-3-7-15(9)18(16,17)12-6-5-10(13)8-11(12)14/h5-6,8-9H,2-4,7H2,1H3. The van der Waals surface area contributed by atoms with E-state index in [2.05, 4.69) is 0 Å². The molecular weight excluding hydrogens is 260 g/mol. The third-order valence-electron chi connectivity index (χ3n) is 3.22. The van der Waals surface area contributed by atoms with Gasteiger partial charge in [0.25, 0.3) is 0 Å². The van der Waals surface area contributed by atoms with E-state index in [1.165, 1.54) is 4.31 Å². The topological polar surface area (TPSA) is 37.4 Å². The molecule has 1 fully saturated rings. The SMILES string of the molecule is CC1CCCCN1S(=O)(=O)c1ccc(F)cc1F. The summed E-state index contributed by atoms with van der Waals surface area (Å²) in [6.45, 7) is 2.19. The van der Waals surface area contributed by atoms with Crippen LogP contribution in [0, 0.1) is 11.6 Å². The van der Waals surface area contributed by atoms with Gasteiger partial charge in [-0.25, -0.2) is 17.2 Å². The van der Waals surface area contributed by atoms with Crippen molar-refractivity contribution in [1.29, 1.82) is 0 Å². The van der Waals surface area contributed by atoms with Gasteiger partial charge in [0.1, 0.15) is 16.5 Å². The summed E-state index contributed by atoms with van der Waals surface area (Å²) in [7, 11) is -3.87. The van der Waals surface area contributed by atoms with Crippen LogP contribution in [0.15, 0.2) is 23.1 Å². The Labute approximate surface area is 105 Å². The fourth-order valence-corrected chi connectivity index (χ4v) is 3.99. The molecule has 3 nitrogen and oxygen atoms in total. The van der Waals surface area contributed by atoms with Gasteiger partial charge in [0, 0.05) is 18.7 Å². The summed E-state index contributed by atoms with van der Waals surface area (Å²) in [4.78, 5) is -0.447. The predicted molar refractivity (Wildman–Crippen MR) is 63.6 cm³/mol. The second-order valence-corrected chi connectivity index (χ2v) is 6.39. The molecule has 1 heterocycles. The number of benzene rings is 1. The number of hydrogen-bond donors (Lipinski definition) is 0. The van der Waals surface area contributed by atoms with Crippen molar-refractivity contribution >= 4 is 10.0 Å². The predicted octanol–water partition coefficient (Wildman–Crippen LogP) is 2.53. The largest absolute Gasteiger partial charge is 0.246 e. The highest BCUT2D eigenvalue weighted by Gasteiger charge is 2.32. The Morgan fingerprint density at radius 1 is 1.28 bits per heavy atom. The van der Waals surface area contributed by atoms with Gasteiger partial charge in [0.05, 0.1) is 0 Å². The zero-order valence-corrected chi connectivity index (χ0v) is 10.9. The lowest BCUT2D eigenvalue weighted by atomic mass is 10.1. The fraction of sp³-hybridized carbons (Fsp3) is 0.500. The summed E-state index contributed by atoms with van der Waals surface area (Å²) in [5, 5.41) is 0. The van der Waals surface area contributed by atoms with Crippen molar-refractivity contribution in [3.8, 4) is 0 Å². The molecule has 0 radical (unpaired) electrons. The minimum atomic E-state index is -3.87. The molecule has 1 atom stereocenters. The molecule has 2 rings (SSSR count). The number of rotatable bonds is 2. The van der Waals surface area contributed by atoms with Gasteiger partial charge in [-0.2, -0.15) is 4.31 Å². The van der Waals surface area contributed by atoms with Crippen LogP contribution in [0.3, 0.4) is 0 Å². The molecule has 0 aliphatic carbocycles. The quantitative estimate of drug-likeness (QED) is 0.831. The summed E-state index contributed by atoms with van der Waals surface area (Å²) in [6.07, 6.45) is 2.51. The van der Waals surface area contributed by atoms with Crippen LogP contribution >= 0.6 is 0 Å². The Hall–Kier alpha value is -1.01. The van der Waals surface area contributed by atoms with Gasteiger partial charge < -0.3 is 0 Å². The van der Waals surface area contributed by atoms with Crippen molar-refractivity contribution in [2.24, 2.45) is 0 Å². The fourth-order valence-electron chi connectivity index (χ4n) is 2.24. The average Bonchev–Trinajstić information content (AvgIpc) is 2.28. The molecule has 0 aromatic heterocycles. The van der Waals surface area contributed by atoms with Gasteiger partial charge in [-0.1, -0.05) is 6.42 Å². The third-order valence-corrected chi connectivity index (χ3v) is 5.27. The van der Waals surface area contributed by atoms with Crippen LogP contribution < -0.4 is 0 Å². The lowest BCUT2D eigenvalue weighted by molar-refractivity contribution is 0.268. The summed E-state index contributed by atoms with van der Waals surface area (Å²) < 4.78 is 52.3. The van der Waals surface area contributed by atoms with Gasteiger partial charge in [-0.15, -0.1) is 0 Å². The molecule has 0 bridgehead atoms. The highest BCUT2D eigenvalue weighted by Crippen LogP contribution is 2.26. The van der Waals surface area contributed by atoms with Crippen molar-refractivity contribution < 1.29 is 17.2 Å². The maximum Gasteiger partial charge on any atom is 0.246 e. The van der Waals surface area contributed by atoms with Gasteiger partial charge in [-0.3, -0.25) is 0 Å². The molecule has 1 saturated heterocycles. The van der Waals surface area contributed by atoms with E-state index < -0.39 is 26.6 Å². The maximum absolute atomic E-state index is 13.6. The van der Waals surface area contributed by atoms with Gasteiger partial charge in [0.2, 0.25) is 10.0 Å². The van der Waals surface area contributed by atoms with E-state index in [9.17, 15) is 17.2 Å². The zero-order valence-electron chi connectivity index (χ0n) is 10.1. The molecule has 0 spiro atoms. The molecule has 18 heavy (non-hydrogen) atoms. The van der Waals surface area contributed by atoms with E-state index >= 15 is 0 Å². The van der Waals surface area contributed by atoms with Crippen LogP contribution in [0.2, 0.25) is 0 Å². The summed E-state index contributed by atoms with van der Waals surface area (Å²) >= 11 is 0. The van der Waals surface area contributed by atoms with Crippen LogP contribution in [-0.4, -0.2) is 25.3 Å². The first-order valence-electron chi connectivity index (χ1n) is 5.90. The van der Waals surface area contributed by atoms with Crippen molar-refractivity contribution in [1.82, 2.24) is 4.31 Å². The first-order valence-corrected chi connectivity index (χ1v) is 7.34. The van der Waals surface area contributed by atoms with Crippen LogP contribution in [0.25, 0.3) is 0 Å². The van der Waals surface area contributed by atoms with E-state index in [0.29, 0.717) is 12.6 Å². The van der Waals surface area contributed by atoms with Gasteiger partial charge in [-0.05, 0) is 31.9 Å². The van der Waals surface area contributed by atoms with Gasteiger partial charge >= 0.3 is 0 Å². The van der Waals surface area contributed by atoms with Crippen LogP contribution in [0.4, 0.5) is 8.78 Å². The second kappa shape index (κ2) is 4.93. The third kappa shape index (κ3) is 2.40. The summed E-state index contributed by atoms with van der Waals surface area (Å²) in [6, 6.07) is 2.40. The molecular formula is C12H15F2NO2S. The number of nitrogens with zero attached hydrogens (tertiary/aromatic N) is 1. The Balaban J connectivity index is 2.41. The number of sulfonamides is 1. The van der Waals surface area contributed by atoms with E-state index in [-0.39, 0.29) is 6.04 Å². The maximum atomic E-state index is 13.6. The molecule has 1 aromatic carbocycles. The highest BCUT2D eigenvalue weighted by molar-refractivity contribution is 7.89. The van der Waals surface area contributed by atoms with Crippen LogP contribution in [-0.2, 0) is 10.0 Å². The molecule has 0 amide bonds. The summed E-state index contributed by atoms with van der Waals surface area (Å²) in [5.74, 6) is -1.81. The Bertz CT molecular complexity index is 545. The molecule has 0 N–H and O–H groups in total. The van der Waals surface area contributed by atoms with E-state index in [0.717, 1.165) is 31.4 Å². The molecule has 1 aliphatic heterocycles. The number of halogens is 2. The van der Waals surface area contributed by atoms with Crippen molar-refractivity contribution in [2.45, 2.75) is 37.1 Å². The van der Waals surface area contributed by atoms with E-state index in [1.807, 2.05) is 0 Å². The van der Waals surface area contributed by atoms with Gasteiger partial charge in [0.15, 0.2) is 0 Å². The zero-order chi connectivity index (χ0) is 13.3. The number of hydrogen-bond acceptors (Lipinski definition) is 2. The number of piperidine rings is 1. The Kier molecular flexibility index (Phi) is 3.68. The minimum absolute atomic E-state index is 0.145. The first-order chi connectivity index (χ1) is 8.43. The van der Waals surface area contributed by atoms with Crippen molar-refractivity contribution in [2.75, 3.05) is 6.54 Å². The molecule has 1 aliphatic rings. The van der Waals surface area contributed by atoms with Crippen LogP contribution in [0.5, 0.6) is 0 Å². The van der Waals surface area contributed by atoms with Crippen LogP contribution in [0.1, 0.15) is 26.2 Å². The van der Waals surface area contributed by atoms with Crippen molar-refractivity contribution in [3.63, 3.8) is 0 Å². The normalized spacial score (nSPS) is 22.1. The molecule has 1 aromatic rings. The van der Waals surface area contributed by atoms with E-state index in [4.69, 9.17) is 0 Å². The van der Waals surface area contributed by atoms with E-state index in [1.54, 1.807) is 6.92 Å². The second-order valence-electron chi connectivity index (χ2n) is 4.54. The van der Waals surface area contributed by atoms with Crippen molar-refractivity contribution in [3.05, 3.63) is 29.8 Å². The Morgan fingerprint density at radius 3 is 2.61 bits per heavy atom. The average molecular weight is 275 g/mol. The molecule has 6 heteroatoms.